The summed E-state index contributed by atoms with van der Waals surface area (Å²) >= 11 is 0. The minimum atomic E-state index is -0.228. The quantitative estimate of drug-likeness (QED) is 0.678. The van der Waals surface area contributed by atoms with E-state index in [1.54, 1.807) is 0 Å². The lowest BCUT2D eigenvalue weighted by Crippen LogP contribution is -2.50. The van der Waals surface area contributed by atoms with Crippen LogP contribution in [0.5, 0.6) is 0 Å². The van der Waals surface area contributed by atoms with Crippen LogP contribution >= 0.6 is 0 Å². The van der Waals surface area contributed by atoms with E-state index in [4.69, 9.17) is 0 Å². The van der Waals surface area contributed by atoms with E-state index in [0.717, 1.165) is 38.6 Å². The van der Waals surface area contributed by atoms with Crippen molar-refractivity contribution in [1.29, 1.82) is 0 Å². The predicted molar refractivity (Wildman–Crippen MR) is 79.3 cm³/mol. The summed E-state index contributed by atoms with van der Waals surface area (Å²) in [4.78, 5) is 5.00. The van der Waals surface area contributed by atoms with Crippen molar-refractivity contribution in [3.8, 4) is 0 Å². The number of rotatable bonds is 8. The Kier molecular flexibility index (Phi) is 6.07. The average molecular weight is 269 g/mol. The van der Waals surface area contributed by atoms with E-state index < -0.39 is 0 Å². The van der Waals surface area contributed by atoms with Gasteiger partial charge in [0.1, 0.15) is 0 Å². The van der Waals surface area contributed by atoms with Crippen molar-refractivity contribution >= 4 is 0 Å². The summed E-state index contributed by atoms with van der Waals surface area (Å²) in [5.41, 5.74) is 0. The maximum absolute atomic E-state index is 10.0. The van der Waals surface area contributed by atoms with Crippen LogP contribution in [-0.4, -0.2) is 73.4 Å². The average Bonchev–Trinajstić information content (AvgIpc) is 3.15. The molecule has 1 saturated heterocycles. The summed E-state index contributed by atoms with van der Waals surface area (Å²) in [5, 5.41) is 13.3. The van der Waals surface area contributed by atoms with Crippen molar-refractivity contribution in [2.75, 3.05) is 52.4 Å². The van der Waals surface area contributed by atoms with Crippen LogP contribution in [0.3, 0.4) is 0 Å². The standard InChI is InChI=1S/C15H31N3O/c1-13(2)9-16-10-15(19)12-18-7-5-17(6-8-18)11-14-3-4-14/h13-16,19H,3-12H2,1-2H3. The first-order valence-electron chi connectivity index (χ1n) is 7.97. The number of nitrogens with one attached hydrogen (secondary N) is 1. The molecule has 1 heterocycles. The molecule has 1 aliphatic heterocycles. The largest absolute Gasteiger partial charge is 0.390 e. The van der Waals surface area contributed by atoms with Gasteiger partial charge in [-0.05, 0) is 31.2 Å². The molecule has 2 aliphatic rings. The lowest BCUT2D eigenvalue weighted by molar-refractivity contribution is 0.0708. The van der Waals surface area contributed by atoms with Gasteiger partial charge in [0.25, 0.3) is 0 Å². The van der Waals surface area contributed by atoms with Gasteiger partial charge in [-0.3, -0.25) is 4.90 Å². The Labute approximate surface area is 118 Å². The zero-order valence-electron chi connectivity index (χ0n) is 12.6. The van der Waals surface area contributed by atoms with Crippen LogP contribution in [0.15, 0.2) is 0 Å². The van der Waals surface area contributed by atoms with Gasteiger partial charge in [0.05, 0.1) is 6.10 Å². The summed E-state index contributed by atoms with van der Waals surface area (Å²) < 4.78 is 0. The van der Waals surface area contributed by atoms with E-state index in [-0.39, 0.29) is 6.10 Å². The van der Waals surface area contributed by atoms with Gasteiger partial charge in [0.2, 0.25) is 0 Å². The Hall–Kier alpha value is -0.160. The highest BCUT2D eigenvalue weighted by molar-refractivity contribution is 4.81. The third-order valence-corrected chi connectivity index (χ3v) is 4.08. The Morgan fingerprint density at radius 2 is 1.68 bits per heavy atom. The van der Waals surface area contributed by atoms with E-state index in [0.29, 0.717) is 5.92 Å². The van der Waals surface area contributed by atoms with Crippen molar-refractivity contribution in [2.24, 2.45) is 11.8 Å². The Bertz CT molecular complexity index is 248. The Morgan fingerprint density at radius 3 is 2.26 bits per heavy atom. The highest BCUT2D eigenvalue weighted by Gasteiger charge is 2.26. The van der Waals surface area contributed by atoms with Crippen molar-refractivity contribution in [3.05, 3.63) is 0 Å². The normalized spacial score (nSPS) is 24.0. The Balaban J connectivity index is 1.53. The highest BCUT2D eigenvalue weighted by Crippen LogP contribution is 2.29. The lowest BCUT2D eigenvalue weighted by Gasteiger charge is -2.35. The van der Waals surface area contributed by atoms with Crippen LogP contribution < -0.4 is 5.32 Å². The molecule has 1 unspecified atom stereocenters. The molecule has 0 aromatic heterocycles. The minimum Gasteiger partial charge on any atom is -0.390 e. The molecule has 19 heavy (non-hydrogen) atoms. The Morgan fingerprint density at radius 1 is 1.05 bits per heavy atom. The van der Waals surface area contributed by atoms with Crippen LogP contribution in [0.2, 0.25) is 0 Å². The van der Waals surface area contributed by atoms with Crippen LogP contribution in [0.1, 0.15) is 26.7 Å². The van der Waals surface area contributed by atoms with Gasteiger partial charge in [-0.2, -0.15) is 0 Å². The maximum atomic E-state index is 10.0. The van der Waals surface area contributed by atoms with Gasteiger partial charge < -0.3 is 15.3 Å². The molecule has 4 heteroatoms. The van der Waals surface area contributed by atoms with Crippen molar-refractivity contribution in [3.63, 3.8) is 0 Å². The number of nitrogens with zero attached hydrogens (tertiary/aromatic N) is 2. The summed E-state index contributed by atoms with van der Waals surface area (Å²) in [6, 6.07) is 0. The van der Waals surface area contributed by atoms with Gasteiger partial charge in [-0.25, -0.2) is 0 Å². The third kappa shape index (κ3) is 6.21. The molecule has 0 amide bonds. The summed E-state index contributed by atoms with van der Waals surface area (Å²) in [7, 11) is 0. The summed E-state index contributed by atoms with van der Waals surface area (Å²) in [6.45, 7) is 12.8. The highest BCUT2D eigenvalue weighted by atomic mass is 16.3. The topological polar surface area (TPSA) is 38.7 Å². The van der Waals surface area contributed by atoms with Gasteiger partial charge >= 0.3 is 0 Å². The van der Waals surface area contributed by atoms with Crippen LogP contribution in [0.25, 0.3) is 0 Å². The SMILES string of the molecule is CC(C)CNCC(O)CN1CCN(CC2CC2)CC1. The van der Waals surface area contributed by atoms with Gasteiger partial charge in [0, 0.05) is 45.8 Å². The molecule has 1 atom stereocenters. The number of hydrogen-bond donors (Lipinski definition) is 2. The first kappa shape index (κ1) is 15.2. The molecule has 0 bridgehead atoms. The van der Waals surface area contributed by atoms with E-state index in [1.165, 1.54) is 32.5 Å². The molecule has 0 radical (unpaired) electrons. The zero-order chi connectivity index (χ0) is 13.7. The predicted octanol–water partition coefficient (Wildman–Crippen LogP) is 0.621. The van der Waals surface area contributed by atoms with Crippen LogP contribution in [0, 0.1) is 11.8 Å². The van der Waals surface area contributed by atoms with E-state index in [1.807, 2.05) is 0 Å². The van der Waals surface area contributed by atoms with E-state index >= 15 is 0 Å². The van der Waals surface area contributed by atoms with E-state index in [9.17, 15) is 5.11 Å². The maximum Gasteiger partial charge on any atom is 0.0791 e. The molecular formula is C15H31N3O. The number of aliphatic hydroxyl groups excluding tert-OH is 1. The fourth-order valence-electron chi connectivity index (χ4n) is 2.72. The van der Waals surface area contributed by atoms with Crippen molar-refractivity contribution in [1.82, 2.24) is 15.1 Å². The molecule has 1 aliphatic carbocycles. The zero-order valence-corrected chi connectivity index (χ0v) is 12.6. The molecular weight excluding hydrogens is 238 g/mol. The first-order valence-corrected chi connectivity index (χ1v) is 7.97. The molecule has 0 spiro atoms. The van der Waals surface area contributed by atoms with Crippen molar-refractivity contribution in [2.45, 2.75) is 32.8 Å². The molecule has 2 rings (SSSR count). The van der Waals surface area contributed by atoms with Crippen LogP contribution in [-0.2, 0) is 0 Å². The van der Waals surface area contributed by atoms with Gasteiger partial charge in [-0.15, -0.1) is 0 Å². The summed E-state index contributed by atoms with van der Waals surface area (Å²) in [6.07, 6.45) is 2.66. The van der Waals surface area contributed by atoms with Gasteiger partial charge in [0.15, 0.2) is 0 Å². The second-order valence-corrected chi connectivity index (χ2v) is 6.75. The molecule has 0 aromatic rings. The molecule has 2 N–H and O–H groups in total. The molecule has 2 fully saturated rings. The second kappa shape index (κ2) is 7.58. The minimum absolute atomic E-state index is 0.228. The lowest BCUT2D eigenvalue weighted by atomic mass is 10.2. The molecule has 1 saturated carbocycles. The fraction of sp³-hybridized carbons (Fsp3) is 1.00. The third-order valence-electron chi connectivity index (χ3n) is 4.08. The smallest absolute Gasteiger partial charge is 0.0791 e. The molecule has 0 aromatic carbocycles. The fourth-order valence-corrected chi connectivity index (χ4v) is 2.72. The van der Waals surface area contributed by atoms with Crippen LogP contribution in [0.4, 0.5) is 0 Å². The van der Waals surface area contributed by atoms with Crippen molar-refractivity contribution < 1.29 is 5.11 Å². The number of hydrogen-bond acceptors (Lipinski definition) is 4. The molecule has 112 valence electrons. The number of piperazine rings is 1. The molecule has 4 nitrogen and oxygen atoms in total. The van der Waals surface area contributed by atoms with E-state index in [2.05, 4.69) is 29.0 Å². The number of β-amino-alcohol motifs (C(OH)–C–C–N with tert-alkyl or cyclic N) is 1. The first-order chi connectivity index (χ1) is 9.13. The van der Waals surface area contributed by atoms with Gasteiger partial charge in [-0.1, -0.05) is 13.8 Å². The second-order valence-electron chi connectivity index (χ2n) is 6.75. The number of aliphatic hydroxyl groups is 1. The monoisotopic (exact) mass is 269 g/mol. The summed E-state index contributed by atoms with van der Waals surface area (Å²) in [5.74, 6) is 1.65.